The second-order valence-electron chi connectivity index (χ2n) is 3.29. The molecule has 0 radical (unpaired) electrons. The number of thioether (sulfide) groups is 1. The van der Waals surface area contributed by atoms with Crippen molar-refractivity contribution in [3.05, 3.63) is 16.8 Å². The molecule has 0 atom stereocenters. The van der Waals surface area contributed by atoms with Gasteiger partial charge in [0.05, 0.1) is 17.0 Å². The lowest BCUT2D eigenvalue weighted by Gasteiger charge is -2.05. The molecule has 0 aliphatic carbocycles. The molecule has 1 aromatic heterocycles. The van der Waals surface area contributed by atoms with E-state index in [1.54, 1.807) is 13.8 Å². The van der Waals surface area contributed by atoms with Gasteiger partial charge in [-0.05, 0) is 19.4 Å². The van der Waals surface area contributed by atoms with Gasteiger partial charge in [-0.25, -0.2) is 8.42 Å². The fourth-order valence-corrected chi connectivity index (χ4v) is 3.39. The lowest BCUT2D eigenvalue weighted by Crippen LogP contribution is -2.03. The Bertz CT molecular complexity index is 566. The molecule has 0 fully saturated rings. The highest BCUT2D eigenvalue weighted by molar-refractivity contribution is 8.14. The molecule has 17 heavy (non-hydrogen) atoms. The van der Waals surface area contributed by atoms with Gasteiger partial charge in [-0.15, -0.1) is 16.9 Å². The molecule has 0 saturated carbocycles. The molecule has 0 bridgehead atoms. The lowest BCUT2D eigenvalue weighted by atomic mass is 10.1. The summed E-state index contributed by atoms with van der Waals surface area (Å²) < 4.78 is 21.5. The van der Waals surface area contributed by atoms with Crippen molar-refractivity contribution in [1.29, 1.82) is 5.26 Å². The van der Waals surface area contributed by atoms with Gasteiger partial charge in [-0.3, -0.25) is 0 Å². The van der Waals surface area contributed by atoms with Crippen molar-refractivity contribution >= 4 is 31.5 Å². The van der Waals surface area contributed by atoms with Crippen molar-refractivity contribution in [1.82, 2.24) is 10.2 Å². The van der Waals surface area contributed by atoms with Crippen molar-refractivity contribution in [2.75, 3.05) is 11.5 Å². The van der Waals surface area contributed by atoms with Crippen LogP contribution in [0.25, 0.3) is 0 Å². The largest absolute Gasteiger partial charge is 0.233 e. The summed E-state index contributed by atoms with van der Waals surface area (Å²) in [5.41, 5.74) is 1.89. The van der Waals surface area contributed by atoms with Crippen molar-refractivity contribution in [2.45, 2.75) is 18.9 Å². The fourth-order valence-electron chi connectivity index (χ4n) is 1.06. The van der Waals surface area contributed by atoms with Crippen LogP contribution in [-0.4, -0.2) is 30.1 Å². The summed E-state index contributed by atoms with van der Waals surface area (Å²) in [4.78, 5) is 0. The molecule has 0 aromatic carbocycles. The average Bonchev–Trinajstić information content (AvgIpc) is 2.22. The molecule has 5 nitrogen and oxygen atoms in total. The molecular weight excluding hydrogens is 282 g/mol. The SMILES string of the molecule is Cc1nnc(SCCS(=O)(=O)Cl)c(C#N)c1C. The maximum Gasteiger partial charge on any atom is 0.233 e. The Morgan fingerprint density at radius 1 is 1.41 bits per heavy atom. The van der Waals surface area contributed by atoms with Gasteiger partial charge in [-0.2, -0.15) is 10.4 Å². The molecule has 0 aliphatic rings. The Balaban J connectivity index is 2.86. The fraction of sp³-hybridized carbons (Fsp3) is 0.444. The van der Waals surface area contributed by atoms with Gasteiger partial charge >= 0.3 is 0 Å². The van der Waals surface area contributed by atoms with Gasteiger partial charge in [0.15, 0.2) is 0 Å². The Labute approximate surface area is 109 Å². The van der Waals surface area contributed by atoms with Crippen molar-refractivity contribution in [3.63, 3.8) is 0 Å². The van der Waals surface area contributed by atoms with Gasteiger partial charge < -0.3 is 0 Å². The first-order valence-electron chi connectivity index (χ1n) is 4.64. The number of hydrogen-bond acceptors (Lipinski definition) is 6. The van der Waals surface area contributed by atoms with Crippen molar-refractivity contribution in [3.8, 4) is 6.07 Å². The molecule has 1 heterocycles. The summed E-state index contributed by atoms with van der Waals surface area (Å²) in [6.45, 7) is 3.55. The Kier molecular flexibility index (Phi) is 4.74. The maximum absolute atomic E-state index is 10.7. The van der Waals surface area contributed by atoms with E-state index in [-0.39, 0.29) is 11.5 Å². The first-order chi connectivity index (χ1) is 7.85. The number of nitrogens with zero attached hydrogens (tertiary/aromatic N) is 3. The summed E-state index contributed by atoms with van der Waals surface area (Å²) >= 11 is 1.16. The van der Waals surface area contributed by atoms with E-state index in [4.69, 9.17) is 15.9 Å². The summed E-state index contributed by atoms with van der Waals surface area (Å²) in [5, 5.41) is 17.2. The minimum absolute atomic E-state index is 0.168. The molecule has 0 amide bonds. The van der Waals surface area contributed by atoms with Crippen LogP contribution in [0.4, 0.5) is 0 Å². The average molecular weight is 292 g/mol. The molecule has 8 heteroatoms. The van der Waals surface area contributed by atoms with E-state index in [9.17, 15) is 8.42 Å². The topological polar surface area (TPSA) is 83.7 Å². The first kappa shape index (κ1) is 14.2. The molecule has 1 rings (SSSR count). The zero-order valence-electron chi connectivity index (χ0n) is 9.27. The van der Waals surface area contributed by atoms with E-state index in [0.29, 0.717) is 16.3 Å². The van der Waals surface area contributed by atoms with Gasteiger partial charge in [0.2, 0.25) is 9.05 Å². The highest BCUT2D eigenvalue weighted by atomic mass is 35.7. The van der Waals surface area contributed by atoms with Crippen LogP contribution in [0.5, 0.6) is 0 Å². The summed E-state index contributed by atoms with van der Waals surface area (Å²) in [5.74, 6) is 0.0798. The first-order valence-corrected chi connectivity index (χ1v) is 8.10. The third-order valence-corrected chi connectivity index (χ3v) is 4.48. The molecule has 0 spiro atoms. The standard InChI is InChI=1S/C9H10ClN3O2S2/c1-6-7(2)12-13-9(8(6)5-11)16-3-4-17(10,14)15/h3-4H2,1-2H3. The molecule has 0 saturated heterocycles. The number of halogens is 1. The predicted molar refractivity (Wildman–Crippen MR) is 66.6 cm³/mol. The highest BCUT2D eigenvalue weighted by Gasteiger charge is 2.12. The van der Waals surface area contributed by atoms with Crippen LogP contribution >= 0.6 is 22.4 Å². The highest BCUT2D eigenvalue weighted by Crippen LogP contribution is 2.23. The van der Waals surface area contributed by atoms with E-state index >= 15 is 0 Å². The van der Waals surface area contributed by atoms with E-state index < -0.39 is 9.05 Å². The van der Waals surface area contributed by atoms with Crippen LogP contribution in [0.1, 0.15) is 16.8 Å². The van der Waals surface area contributed by atoms with E-state index in [2.05, 4.69) is 10.2 Å². The van der Waals surface area contributed by atoms with Crippen LogP contribution < -0.4 is 0 Å². The molecule has 0 aliphatic heterocycles. The second-order valence-corrected chi connectivity index (χ2v) is 7.27. The van der Waals surface area contributed by atoms with Gasteiger partial charge in [-0.1, -0.05) is 0 Å². The Hall–Kier alpha value is -0.840. The minimum atomic E-state index is -3.51. The Morgan fingerprint density at radius 2 is 2.06 bits per heavy atom. The van der Waals surface area contributed by atoms with Gasteiger partial charge in [0.25, 0.3) is 0 Å². The molecular formula is C9H10ClN3O2S2. The number of hydrogen-bond donors (Lipinski definition) is 0. The number of aromatic nitrogens is 2. The number of aryl methyl sites for hydroxylation is 1. The summed E-state index contributed by atoms with van der Waals surface area (Å²) in [6.07, 6.45) is 0. The lowest BCUT2D eigenvalue weighted by molar-refractivity contribution is 0.611. The zero-order valence-corrected chi connectivity index (χ0v) is 11.7. The molecule has 92 valence electrons. The van der Waals surface area contributed by atoms with Crippen LogP contribution in [0.15, 0.2) is 5.03 Å². The normalized spacial score (nSPS) is 11.2. The van der Waals surface area contributed by atoms with E-state index in [0.717, 1.165) is 17.3 Å². The second kappa shape index (κ2) is 5.67. The van der Waals surface area contributed by atoms with Crippen LogP contribution in [0.3, 0.4) is 0 Å². The van der Waals surface area contributed by atoms with Crippen LogP contribution in [0.2, 0.25) is 0 Å². The third kappa shape index (κ3) is 4.15. The molecule has 1 aromatic rings. The monoisotopic (exact) mass is 291 g/mol. The molecule has 0 N–H and O–H groups in total. The summed E-state index contributed by atoms with van der Waals surface area (Å²) in [7, 11) is 1.58. The van der Waals surface area contributed by atoms with Crippen molar-refractivity contribution < 1.29 is 8.42 Å². The minimum Gasteiger partial charge on any atom is -0.212 e. The smallest absolute Gasteiger partial charge is 0.212 e. The predicted octanol–water partition coefficient (Wildman–Crippen LogP) is 1.63. The van der Waals surface area contributed by atoms with E-state index in [1.807, 2.05) is 6.07 Å². The van der Waals surface area contributed by atoms with Gasteiger partial charge in [0.1, 0.15) is 11.1 Å². The van der Waals surface area contributed by atoms with E-state index in [1.165, 1.54) is 0 Å². The van der Waals surface area contributed by atoms with Crippen LogP contribution in [-0.2, 0) is 9.05 Å². The Morgan fingerprint density at radius 3 is 2.59 bits per heavy atom. The third-order valence-electron chi connectivity index (χ3n) is 2.10. The van der Waals surface area contributed by atoms with Gasteiger partial charge in [0, 0.05) is 16.4 Å². The van der Waals surface area contributed by atoms with Crippen molar-refractivity contribution in [2.24, 2.45) is 0 Å². The zero-order chi connectivity index (χ0) is 13.1. The number of rotatable bonds is 4. The van der Waals surface area contributed by atoms with Crippen LogP contribution in [0, 0.1) is 25.2 Å². The summed E-state index contributed by atoms with van der Waals surface area (Å²) in [6, 6.07) is 2.05. The molecule has 0 unspecified atom stereocenters. The number of nitriles is 1. The quantitative estimate of drug-likeness (QED) is 0.619. The maximum atomic E-state index is 10.7.